The van der Waals surface area contributed by atoms with Crippen LogP contribution in [-0.2, 0) is 0 Å². The van der Waals surface area contributed by atoms with Crippen LogP contribution in [0.2, 0.25) is 5.02 Å². The van der Waals surface area contributed by atoms with E-state index in [-0.39, 0.29) is 5.56 Å². The molecule has 0 unspecified atom stereocenters. The Balaban J connectivity index is 2.31. The highest BCUT2D eigenvalue weighted by Gasteiger charge is 2.16. The summed E-state index contributed by atoms with van der Waals surface area (Å²) in [4.78, 5) is 11.9. The van der Waals surface area contributed by atoms with E-state index in [0.717, 1.165) is 6.07 Å². The van der Waals surface area contributed by atoms with Crippen LogP contribution in [0.3, 0.4) is 0 Å². The van der Waals surface area contributed by atoms with Crippen LogP contribution in [0.15, 0.2) is 40.9 Å². The molecule has 0 aliphatic rings. The van der Waals surface area contributed by atoms with E-state index in [9.17, 15) is 13.6 Å². The van der Waals surface area contributed by atoms with Crippen LogP contribution in [0, 0.1) is 11.6 Å². The fourth-order valence-corrected chi connectivity index (χ4v) is 2.01. The van der Waals surface area contributed by atoms with Crippen molar-refractivity contribution in [1.82, 2.24) is 0 Å². The highest BCUT2D eigenvalue weighted by atomic mass is 79.9. The van der Waals surface area contributed by atoms with E-state index < -0.39 is 17.5 Å². The lowest BCUT2D eigenvalue weighted by Crippen LogP contribution is -2.14. The summed E-state index contributed by atoms with van der Waals surface area (Å²) in [7, 11) is 0. The monoisotopic (exact) mass is 345 g/mol. The van der Waals surface area contributed by atoms with Gasteiger partial charge in [-0.05, 0) is 40.2 Å². The zero-order chi connectivity index (χ0) is 14.0. The molecule has 98 valence electrons. The number of carbonyl (C=O) groups excluding carboxylic acids is 1. The van der Waals surface area contributed by atoms with Crippen molar-refractivity contribution < 1.29 is 13.6 Å². The highest BCUT2D eigenvalue weighted by molar-refractivity contribution is 9.10. The molecular weight excluding hydrogens is 340 g/mol. The molecule has 0 heterocycles. The SMILES string of the molecule is O=C(Nc1cccc(Cl)c1Br)c1cccc(F)c1F. The zero-order valence-corrected chi connectivity index (χ0v) is 11.7. The zero-order valence-electron chi connectivity index (χ0n) is 9.38. The molecule has 2 aromatic rings. The molecule has 0 saturated carbocycles. The van der Waals surface area contributed by atoms with Crippen LogP contribution >= 0.6 is 27.5 Å². The number of hydrogen-bond donors (Lipinski definition) is 1. The van der Waals surface area contributed by atoms with E-state index >= 15 is 0 Å². The van der Waals surface area contributed by atoms with E-state index in [4.69, 9.17) is 11.6 Å². The summed E-state index contributed by atoms with van der Waals surface area (Å²) in [6.45, 7) is 0. The Hall–Kier alpha value is -1.46. The molecule has 0 saturated heterocycles. The number of benzene rings is 2. The quantitative estimate of drug-likeness (QED) is 0.844. The summed E-state index contributed by atoms with van der Waals surface area (Å²) < 4.78 is 27.0. The molecule has 0 bridgehead atoms. The lowest BCUT2D eigenvalue weighted by Gasteiger charge is -2.09. The van der Waals surface area contributed by atoms with Gasteiger partial charge >= 0.3 is 0 Å². The van der Waals surface area contributed by atoms with E-state index in [1.165, 1.54) is 12.1 Å². The van der Waals surface area contributed by atoms with Gasteiger partial charge in [-0.25, -0.2) is 8.78 Å². The Morgan fingerprint density at radius 2 is 1.84 bits per heavy atom. The minimum absolute atomic E-state index is 0.369. The Bertz CT molecular complexity index is 649. The Morgan fingerprint density at radius 1 is 1.16 bits per heavy atom. The first-order chi connectivity index (χ1) is 9.00. The predicted octanol–water partition coefficient (Wildman–Crippen LogP) is 4.63. The average molecular weight is 347 g/mol. The number of nitrogens with one attached hydrogen (secondary N) is 1. The molecule has 2 rings (SSSR count). The van der Waals surface area contributed by atoms with Crippen LogP contribution < -0.4 is 5.32 Å². The Kier molecular flexibility index (Phi) is 4.17. The molecule has 6 heteroatoms. The van der Waals surface area contributed by atoms with Crippen LogP contribution in [0.25, 0.3) is 0 Å². The maximum atomic E-state index is 13.5. The van der Waals surface area contributed by atoms with Gasteiger partial charge in [0.25, 0.3) is 5.91 Å². The summed E-state index contributed by atoms with van der Waals surface area (Å²) in [5, 5.41) is 2.86. The molecule has 2 aromatic carbocycles. The molecule has 0 aromatic heterocycles. The summed E-state index contributed by atoms with van der Waals surface area (Å²) in [6.07, 6.45) is 0. The second-order valence-electron chi connectivity index (χ2n) is 3.66. The second kappa shape index (κ2) is 5.67. The van der Waals surface area contributed by atoms with Crippen molar-refractivity contribution in [1.29, 1.82) is 0 Å². The lowest BCUT2D eigenvalue weighted by molar-refractivity contribution is 0.102. The molecule has 1 amide bonds. The van der Waals surface area contributed by atoms with Crippen molar-refractivity contribution in [2.45, 2.75) is 0 Å². The van der Waals surface area contributed by atoms with Gasteiger partial charge in [0, 0.05) is 0 Å². The van der Waals surface area contributed by atoms with Crippen LogP contribution in [0.4, 0.5) is 14.5 Å². The molecule has 1 N–H and O–H groups in total. The maximum absolute atomic E-state index is 13.5. The molecule has 0 fully saturated rings. The van der Waals surface area contributed by atoms with Gasteiger partial charge in [-0.1, -0.05) is 23.7 Å². The van der Waals surface area contributed by atoms with Crippen molar-refractivity contribution in [2.75, 3.05) is 5.32 Å². The summed E-state index contributed by atoms with van der Waals surface area (Å²) >= 11 is 9.07. The van der Waals surface area contributed by atoms with E-state index in [0.29, 0.717) is 15.2 Å². The molecule has 0 radical (unpaired) electrons. The first-order valence-electron chi connectivity index (χ1n) is 5.20. The standard InChI is InChI=1S/C13H7BrClF2NO/c14-11-8(15)4-2-6-10(11)18-13(19)7-3-1-5-9(16)12(7)17/h1-6H,(H,18,19). The molecular formula is C13H7BrClF2NO. The smallest absolute Gasteiger partial charge is 0.258 e. The van der Waals surface area contributed by atoms with Gasteiger partial charge in [0.2, 0.25) is 0 Å². The minimum atomic E-state index is -1.18. The van der Waals surface area contributed by atoms with Gasteiger partial charge in [0.05, 0.1) is 20.7 Å². The van der Waals surface area contributed by atoms with Crippen LogP contribution in [0.5, 0.6) is 0 Å². The van der Waals surface area contributed by atoms with Gasteiger partial charge in [0.15, 0.2) is 11.6 Å². The summed E-state index contributed by atoms with van der Waals surface area (Å²) in [5.41, 5.74) is 0.00744. The van der Waals surface area contributed by atoms with Gasteiger partial charge in [-0.15, -0.1) is 0 Å². The third-order valence-corrected chi connectivity index (χ3v) is 3.79. The number of amides is 1. The first-order valence-corrected chi connectivity index (χ1v) is 6.37. The first kappa shape index (κ1) is 14.0. The summed E-state index contributed by atoms with van der Waals surface area (Å²) in [6, 6.07) is 8.26. The maximum Gasteiger partial charge on any atom is 0.258 e. The van der Waals surface area contributed by atoms with Crippen molar-refractivity contribution in [3.8, 4) is 0 Å². The number of hydrogen-bond acceptors (Lipinski definition) is 1. The lowest BCUT2D eigenvalue weighted by atomic mass is 10.2. The van der Waals surface area contributed by atoms with E-state index in [1.807, 2.05) is 0 Å². The van der Waals surface area contributed by atoms with Gasteiger partial charge in [-0.3, -0.25) is 4.79 Å². The molecule has 0 aliphatic heterocycles. The fraction of sp³-hybridized carbons (Fsp3) is 0. The minimum Gasteiger partial charge on any atom is -0.321 e. The van der Waals surface area contributed by atoms with Crippen molar-refractivity contribution >= 4 is 39.1 Å². The highest BCUT2D eigenvalue weighted by Crippen LogP contribution is 2.30. The average Bonchev–Trinajstić information content (AvgIpc) is 2.38. The van der Waals surface area contributed by atoms with Crippen molar-refractivity contribution in [3.63, 3.8) is 0 Å². The third-order valence-electron chi connectivity index (χ3n) is 2.40. The van der Waals surface area contributed by atoms with Crippen molar-refractivity contribution in [3.05, 3.63) is 63.1 Å². The normalized spacial score (nSPS) is 10.3. The second-order valence-corrected chi connectivity index (χ2v) is 4.86. The van der Waals surface area contributed by atoms with Gasteiger partial charge in [0.1, 0.15) is 0 Å². The van der Waals surface area contributed by atoms with Crippen LogP contribution in [-0.4, -0.2) is 5.91 Å². The summed E-state index contributed by atoms with van der Waals surface area (Å²) in [5.74, 6) is -3.00. The fourth-order valence-electron chi connectivity index (χ4n) is 1.47. The Labute approximate surface area is 121 Å². The van der Waals surface area contributed by atoms with Gasteiger partial charge in [-0.2, -0.15) is 0 Å². The predicted molar refractivity (Wildman–Crippen MR) is 73.5 cm³/mol. The topological polar surface area (TPSA) is 29.1 Å². The van der Waals surface area contributed by atoms with E-state index in [2.05, 4.69) is 21.2 Å². The molecule has 2 nitrogen and oxygen atoms in total. The third kappa shape index (κ3) is 2.93. The Morgan fingerprint density at radius 3 is 2.58 bits per heavy atom. The number of halogens is 4. The van der Waals surface area contributed by atoms with Crippen LogP contribution in [0.1, 0.15) is 10.4 Å². The molecule has 19 heavy (non-hydrogen) atoms. The largest absolute Gasteiger partial charge is 0.321 e. The van der Waals surface area contributed by atoms with Crippen molar-refractivity contribution in [2.24, 2.45) is 0 Å². The molecule has 0 aliphatic carbocycles. The van der Waals surface area contributed by atoms with Gasteiger partial charge < -0.3 is 5.32 Å². The number of anilines is 1. The number of rotatable bonds is 2. The molecule has 0 spiro atoms. The van der Waals surface area contributed by atoms with E-state index in [1.54, 1.807) is 18.2 Å². The number of carbonyl (C=O) groups is 1. The molecule has 0 atom stereocenters.